The van der Waals surface area contributed by atoms with Gasteiger partial charge in [-0.05, 0) is 26.0 Å². The maximum Gasteiger partial charge on any atom is 0.318 e. The van der Waals surface area contributed by atoms with Crippen molar-refractivity contribution in [1.29, 1.82) is 0 Å². The number of hydrogen-bond donors (Lipinski definition) is 2. The van der Waals surface area contributed by atoms with E-state index in [2.05, 4.69) is 14.4 Å². The first kappa shape index (κ1) is 17.6. The highest BCUT2D eigenvalue weighted by atomic mass is 32.2. The van der Waals surface area contributed by atoms with E-state index >= 15 is 0 Å². The molecule has 0 fully saturated rings. The van der Waals surface area contributed by atoms with Crippen LogP contribution in [0.5, 0.6) is 0 Å². The van der Waals surface area contributed by atoms with Gasteiger partial charge in [0.05, 0.1) is 5.69 Å². The fourth-order valence-electron chi connectivity index (χ4n) is 1.40. The van der Waals surface area contributed by atoms with Gasteiger partial charge >= 0.3 is 10.2 Å². The molecule has 21 heavy (non-hydrogen) atoms. The maximum absolute atomic E-state index is 10.7. The number of nitrogens with two attached hydrogens (primary N) is 2. The van der Waals surface area contributed by atoms with Crippen molar-refractivity contribution in [3.63, 3.8) is 0 Å². The van der Waals surface area contributed by atoms with Gasteiger partial charge in [0, 0.05) is 23.6 Å². The highest BCUT2D eigenvalue weighted by Crippen LogP contribution is 2.15. The van der Waals surface area contributed by atoms with Gasteiger partial charge in [-0.1, -0.05) is 6.07 Å². The van der Waals surface area contributed by atoms with Crippen LogP contribution in [0.15, 0.2) is 27.6 Å². The largest absolute Gasteiger partial charge is 0.386 e. The van der Waals surface area contributed by atoms with Crippen LogP contribution >= 0.6 is 11.8 Å². The molecule has 0 bridgehead atoms. The van der Waals surface area contributed by atoms with Gasteiger partial charge in [-0.2, -0.15) is 20.2 Å². The number of pyridine rings is 1. The Morgan fingerprint density at radius 1 is 1.38 bits per heavy atom. The molecular formula is C12H19N5O2S2. The Morgan fingerprint density at radius 3 is 2.71 bits per heavy atom. The summed E-state index contributed by atoms with van der Waals surface area (Å²) < 4.78 is 24.6. The van der Waals surface area contributed by atoms with Gasteiger partial charge in [0.1, 0.15) is 5.84 Å². The molecule has 0 saturated heterocycles. The topological polar surface area (TPSA) is 124 Å². The molecule has 0 saturated carbocycles. The fraction of sp³-hybridized carbons (Fsp3) is 0.417. The van der Waals surface area contributed by atoms with Gasteiger partial charge in [0.15, 0.2) is 5.82 Å². The Morgan fingerprint density at radius 2 is 2.10 bits per heavy atom. The molecule has 1 aromatic rings. The van der Waals surface area contributed by atoms with Crippen LogP contribution in [0, 0.1) is 0 Å². The Bertz CT molecular complexity index is 637. The Labute approximate surface area is 129 Å². The summed E-state index contributed by atoms with van der Waals surface area (Å²) in [5.74, 6) is 2.02. The van der Waals surface area contributed by atoms with Crippen LogP contribution in [0.2, 0.25) is 0 Å². The van der Waals surface area contributed by atoms with Crippen molar-refractivity contribution in [2.45, 2.75) is 26.0 Å². The summed E-state index contributed by atoms with van der Waals surface area (Å²) >= 11 is 1.58. The van der Waals surface area contributed by atoms with Crippen molar-refractivity contribution in [2.24, 2.45) is 20.3 Å². The number of hydrogen-bond acceptors (Lipinski definition) is 5. The molecule has 1 heterocycles. The molecule has 7 nitrogen and oxygen atoms in total. The molecule has 9 heteroatoms. The van der Waals surface area contributed by atoms with E-state index in [9.17, 15) is 8.42 Å². The van der Waals surface area contributed by atoms with Crippen LogP contribution < -0.4 is 10.9 Å². The average Bonchev–Trinajstić information content (AvgIpc) is 2.32. The first-order valence-electron chi connectivity index (χ1n) is 6.19. The summed E-state index contributed by atoms with van der Waals surface area (Å²) in [6.07, 6.45) is 0.354. The van der Waals surface area contributed by atoms with E-state index in [1.54, 1.807) is 11.8 Å². The molecule has 0 amide bonds. The predicted molar refractivity (Wildman–Crippen MR) is 88.2 cm³/mol. The van der Waals surface area contributed by atoms with Crippen LogP contribution in [-0.4, -0.2) is 30.7 Å². The van der Waals surface area contributed by atoms with E-state index in [0.717, 1.165) is 11.4 Å². The first-order valence-corrected chi connectivity index (χ1v) is 8.84. The van der Waals surface area contributed by atoms with Crippen LogP contribution in [0.1, 0.15) is 26.0 Å². The predicted octanol–water partition coefficient (Wildman–Crippen LogP) is 1.38. The summed E-state index contributed by atoms with van der Waals surface area (Å²) in [5.41, 5.74) is 7.31. The van der Waals surface area contributed by atoms with E-state index in [1.807, 2.05) is 32.0 Å². The first-order chi connectivity index (χ1) is 9.76. The molecule has 0 radical (unpaired) electrons. The molecule has 0 atom stereocenters. The van der Waals surface area contributed by atoms with E-state index < -0.39 is 10.2 Å². The number of thioether (sulfide) groups is 1. The molecule has 0 aromatic carbocycles. The third-order valence-electron chi connectivity index (χ3n) is 2.13. The zero-order chi connectivity index (χ0) is 15.9. The molecule has 0 spiro atoms. The third-order valence-corrected chi connectivity index (χ3v) is 3.61. The second-order valence-corrected chi connectivity index (χ2v) is 6.76. The van der Waals surface area contributed by atoms with Crippen LogP contribution in [-0.2, 0) is 16.0 Å². The molecule has 1 aromatic heterocycles. The minimum Gasteiger partial charge on any atom is -0.386 e. The van der Waals surface area contributed by atoms with Crippen molar-refractivity contribution in [3.8, 4) is 0 Å². The van der Waals surface area contributed by atoms with Gasteiger partial charge in [0.2, 0.25) is 0 Å². The van der Waals surface area contributed by atoms with Crippen LogP contribution in [0.25, 0.3) is 0 Å². The lowest BCUT2D eigenvalue weighted by Gasteiger charge is -2.03. The van der Waals surface area contributed by atoms with Gasteiger partial charge in [0.25, 0.3) is 0 Å². The van der Waals surface area contributed by atoms with E-state index in [-0.39, 0.29) is 5.84 Å². The Hall–Kier alpha value is -1.45. The number of aromatic nitrogens is 1. The number of amidine groups is 1. The zero-order valence-electron chi connectivity index (χ0n) is 12.0. The third kappa shape index (κ3) is 8.43. The summed E-state index contributed by atoms with van der Waals surface area (Å²) in [4.78, 5) is 8.70. The van der Waals surface area contributed by atoms with Crippen molar-refractivity contribution in [1.82, 2.24) is 4.98 Å². The minimum absolute atomic E-state index is 0.0120. The van der Waals surface area contributed by atoms with Crippen molar-refractivity contribution in [2.75, 3.05) is 5.75 Å². The highest BCUT2D eigenvalue weighted by Gasteiger charge is 2.02. The monoisotopic (exact) mass is 329 g/mol. The SMILES string of the molecule is CC(C)=Nc1cccc(CSCCC(N)=NS(N)(=O)=O)n1. The molecule has 116 valence electrons. The Kier molecular flexibility index (Phi) is 6.79. The van der Waals surface area contributed by atoms with E-state index in [1.165, 1.54) is 0 Å². The lowest BCUT2D eigenvalue weighted by Crippen LogP contribution is -2.19. The molecule has 0 aliphatic carbocycles. The summed E-state index contributed by atoms with van der Waals surface area (Å²) in [5, 5.41) is 4.76. The van der Waals surface area contributed by atoms with E-state index in [0.29, 0.717) is 23.7 Å². The van der Waals surface area contributed by atoms with E-state index in [4.69, 9.17) is 10.9 Å². The fourth-order valence-corrected chi connectivity index (χ4v) is 2.69. The maximum atomic E-state index is 10.7. The number of aliphatic imine (C=N–C) groups is 1. The zero-order valence-corrected chi connectivity index (χ0v) is 13.6. The van der Waals surface area contributed by atoms with Gasteiger partial charge < -0.3 is 5.73 Å². The normalized spacial score (nSPS) is 12.2. The lowest BCUT2D eigenvalue weighted by atomic mass is 10.3. The molecular weight excluding hydrogens is 310 g/mol. The summed E-state index contributed by atoms with van der Waals surface area (Å²) in [6, 6.07) is 5.66. The second kappa shape index (κ2) is 8.11. The van der Waals surface area contributed by atoms with Crippen molar-refractivity contribution >= 4 is 39.3 Å². The van der Waals surface area contributed by atoms with Crippen LogP contribution in [0.4, 0.5) is 5.82 Å². The number of nitrogens with zero attached hydrogens (tertiary/aromatic N) is 3. The smallest absolute Gasteiger partial charge is 0.318 e. The van der Waals surface area contributed by atoms with Crippen molar-refractivity contribution in [3.05, 3.63) is 23.9 Å². The minimum atomic E-state index is -3.90. The summed E-state index contributed by atoms with van der Waals surface area (Å²) in [6.45, 7) is 3.83. The number of rotatable bonds is 7. The highest BCUT2D eigenvalue weighted by molar-refractivity contribution is 7.98. The molecule has 1 rings (SSSR count). The molecule has 0 aliphatic rings. The molecule has 0 unspecified atom stereocenters. The Balaban J connectivity index is 2.47. The van der Waals surface area contributed by atoms with Gasteiger partial charge in [-0.15, -0.1) is 4.40 Å². The quantitative estimate of drug-likeness (QED) is 0.444. The van der Waals surface area contributed by atoms with Crippen molar-refractivity contribution < 1.29 is 8.42 Å². The standard InChI is InChI=1S/C12H19N5O2S2/c1-9(2)15-12-5-3-4-10(16-12)8-20-7-6-11(13)17-21(14,18)19/h3-5H,6-8H2,1-2H3,(H2,13,17)(H2,14,18,19). The molecule has 0 aliphatic heterocycles. The summed E-state index contributed by atoms with van der Waals surface area (Å²) in [7, 11) is -3.90. The van der Waals surface area contributed by atoms with Gasteiger partial charge in [-0.25, -0.2) is 15.1 Å². The van der Waals surface area contributed by atoms with Crippen LogP contribution in [0.3, 0.4) is 0 Å². The molecule has 4 N–H and O–H groups in total. The second-order valence-electron chi connectivity index (χ2n) is 4.45. The van der Waals surface area contributed by atoms with Gasteiger partial charge in [-0.3, -0.25) is 0 Å². The average molecular weight is 329 g/mol. The lowest BCUT2D eigenvalue weighted by molar-refractivity contribution is 0.599.